The topological polar surface area (TPSA) is 102 Å². The van der Waals surface area contributed by atoms with Crippen molar-refractivity contribution in [2.45, 2.75) is 31.1 Å². The highest BCUT2D eigenvalue weighted by molar-refractivity contribution is 7.92. The van der Waals surface area contributed by atoms with Crippen molar-refractivity contribution in [3.8, 4) is 34.5 Å². The highest BCUT2D eigenvalue weighted by Crippen LogP contribution is 2.47. The van der Waals surface area contributed by atoms with Crippen LogP contribution in [0.5, 0.6) is 34.5 Å². The van der Waals surface area contributed by atoms with E-state index in [9.17, 15) is 8.42 Å². The highest BCUT2D eigenvalue weighted by Gasteiger charge is 2.29. The van der Waals surface area contributed by atoms with Crippen LogP contribution in [0.4, 0.5) is 17.1 Å². The monoisotopic (exact) mass is 640 g/mol. The number of unbranched alkanes of at least 4 members (excludes halogenated alkanes) is 1. The van der Waals surface area contributed by atoms with Crippen molar-refractivity contribution in [3.05, 3.63) is 60.9 Å². The summed E-state index contributed by atoms with van der Waals surface area (Å²) in [5.41, 5.74) is 1.81. The van der Waals surface area contributed by atoms with Gasteiger partial charge in [-0.15, -0.1) is 0 Å². The summed E-state index contributed by atoms with van der Waals surface area (Å²) in [6, 6.07) is 13.3. The zero-order valence-corrected chi connectivity index (χ0v) is 28.0. The van der Waals surface area contributed by atoms with Gasteiger partial charge in [-0.05, 0) is 58.1 Å². The average molecular weight is 641 g/mol. The normalized spacial score (nSPS) is 12.8. The van der Waals surface area contributed by atoms with E-state index in [0.717, 1.165) is 43.0 Å². The van der Waals surface area contributed by atoms with Crippen LogP contribution in [0.1, 0.15) is 26.2 Å². The Morgan fingerprint density at radius 2 is 1.42 bits per heavy atom. The van der Waals surface area contributed by atoms with Crippen molar-refractivity contribution in [2.24, 2.45) is 0 Å². The molecule has 0 atom stereocenters. The predicted octanol–water partition coefficient (Wildman–Crippen LogP) is 6.16. The standard InChI is InChI=1S/C33H44N4O7S/c1-9-15-42-24-17-25(43-16-11-10-14-35(3)4)19-26(18-24)44-32-22-30-29(36(5)23(2)37(30)6)21-28(32)34-45(38,39)27-12-13-31(40-7)33(20-27)41-8/h12-13,17-22,34H,2,9-11,14-16H2,1,3-8H3. The number of nitrogens with zero attached hydrogens (tertiary/aromatic N) is 3. The molecule has 0 saturated heterocycles. The van der Waals surface area contributed by atoms with E-state index in [0.29, 0.717) is 42.0 Å². The SMILES string of the molecule is C=C1N(C)c2cc(NS(=O)(=O)c3ccc(OC)c(OC)c3)c(Oc3cc(OCCC)cc(OCCCCN(C)C)c3)cc2N1C. The fourth-order valence-electron chi connectivity index (χ4n) is 4.79. The molecule has 244 valence electrons. The molecular weight excluding hydrogens is 596 g/mol. The lowest BCUT2D eigenvalue weighted by Crippen LogP contribution is -2.20. The number of methoxy groups -OCH3 is 2. The molecule has 0 radical (unpaired) electrons. The summed E-state index contributed by atoms with van der Waals surface area (Å²) in [5.74, 6) is 3.36. The van der Waals surface area contributed by atoms with Crippen LogP contribution in [0.3, 0.4) is 0 Å². The van der Waals surface area contributed by atoms with Crippen LogP contribution < -0.4 is 38.2 Å². The Hall–Kier alpha value is -4.29. The lowest BCUT2D eigenvalue weighted by molar-refractivity contribution is 0.285. The molecule has 0 bridgehead atoms. The molecule has 3 aromatic rings. The Morgan fingerprint density at radius 3 is 2.04 bits per heavy atom. The van der Waals surface area contributed by atoms with Crippen molar-refractivity contribution in [1.82, 2.24) is 4.90 Å². The van der Waals surface area contributed by atoms with Crippen LogP contribution in [-0.2, 0) is 10.0 Å². The molecule has 0 spiro atoms. The second-order valence-electron chi connectivity index (χ2n) is 10.9. The molecule has 12 heteroatoms. The first kappa shape index (κ1) is 33.6. The Balaban J connectivity index is 1.71. The summed E-state index contributed by atoms with van der Waals surface area (Å²) in [7, 11) is 6.73. The highest BCUT2D eigenvalue weighted by atomic mass is 32.2. The zero-order chi connectivity index (χ0) is 32.7. The minimum atomic E-state index is -4.07. The van der Waals surface area contributed by atoms with Gasteiger partial charge in [0.1, 0.15) is 23.1 Å². The molecule has 0 amide bonds. The second-order valence-corrected chi connectivity index (χ2v) is 12.6. The Kier molecular flexibility index (Phi) is 10.9. The summed E-state index contributed by atoms with van der Waals surface area (Å²) >= 11 is 0. The molecular formula is C33H44N4O7S. The molecule has 0 aliphatic carbocycles. The van der Waals surface area contributed by atoms with Gasteiger partial charge in [0, 0.05) is 44.4 Å². The quantitative estimate of drug-likeness (QED) is 0.183. The molecule has 3 aromatic carbocycles. The maximum Gasteiger partial charge on any atom is 0.262 e. The first-order valence-electron chi connectivity index (χ1n) is 14.8. The third-order valence-corrected chi connectivity index (χ3v) is 8.67. The maximum absolute atomic E-state index is 13.7. The molecule has 45 heavy (non-hydrogen) atoms. The maximum atomic E-state index is 13.7. The largest absolute Gasteiger partial charge is 0.493 e. The van der Waals surface area contributed by atoms with Gasteiger partial charge < -0.3 is 38.4 Å². The van der Waals surface area contributed by atoms with Gasteiger partial charge in [-0.3, -0.25) is 4.72 Å². The lowest BCUT2D eigenvalue weighted by atomic mass is 10.2. The molecule has 0 saturated carbocycles. The van der Waals surface area contributed by atoms with Crippen molar-refractivity contribution in [2.75, 3.05) is 76.7 Å². The van der Waals surface area contributed by atoms with Crippen molar-refractivity contribution in [3.63, 3.8) is 0 Å². The van der Waals surface area contributed by atoms with Gasteiger partial charge in [-0.2, -0.15) is 0 Å². The molecule has 0 fully saturated rings. The number of fused-ring (bicyclic) bond motifs is 1. The van der Waals surface area contributed by atoms with Crippen LogP contribution in [0.2, 0.25) is 0 Å². The van der Waals surface area contributed by atoms with Gasteiger partial charge >= 0.3 is 0 Å². The number of ether oxygens (including phenoxy) is 5. The first-order chi connectivity index (χ1) is 21.5. The fourth-order valence-corrected chi connectivity index (χ4v) is 5.86. The van der Waals surface area contributed by atoms with E-state index in [-0.39, 0.29) is 16.3 Å². The van der Waals surface area contributed by atoms with E-state index in [2.05, 4.69) is 16.2 Å². The summed E-state index contributed by atoms with van der Waals surface area (Å²) < 4.78 is 59.1. The fraction of sp³-hybridized carbons (Fsp3) is 0.394. The zero-order valence-electron chi connectivity index (χ0n) is 27.2. The van der Waals surface area contributed by atoms with Gasteiger partial charge in [0.25, 0.3) is 10.0 Å². The van der Waals surface area contributed by atoms with Gasteiger partial charge in [-0.1, -0.05) is 13.5 Å². The molecule has 1 N–H and O–H groups in total. The van der Waals surface area contributed by atoms with E-state index in [1.54, 1.807) is 30.3 Å². The predicted molar refractivity (Wildman–Crippen MR) is 178 cm³/mol. The lowest BCUT2D eigenvalue weighted by Gasteiger charge is -2.19. The van der Waals surface area contributed by atoms with Gasteiger partial charge in [0.2, 0.25) is 0 Å². The summed E-state index contributed by atoms with van der Waals surface area (Å²) in [4.78, 5) is 5.94. The van der Waals surface area contributed by atoms with Crippen LogP contribution in [0, 0.1) is 0 Å². The van der Waals surface area contributed by atoms with Crippen molar-refractivity contribution < 1.29 is 32.1 Å². The Morgan fingerprint density at radius 1 is 0.800 bits per heavy atom. The molecule has 0 unspecified atom stereocenters. The van der Waals surface area contributed by atoms with E-state index in [1.165, 1.54) is 26.4 Å². The number of sulfonamides is 1. The average Bonchev–Trinajstić information content (AvgIpc) is 3.22. The van der Waals surface area contributed by atoms with Crippen molar-refractivity contribution >= 4 is 27.1 Å². The van der Waals surface area contributed by atoms with Crippen LogP contribution in [0.15, 0.2) is 65.8 Å². The van der Waals surface area contributed by atoms with Crippen LogP contribution >= 0.6 is 0 Å². The third-order valence-electron chi connectivity index (χ3n) is 7.31. The van der Waals surface area contributed by atoms with E-state index in [4.69, 9.17) is 23.7 Å². The minimum Gasteiger partial charge on any atom is -0.493 e. The molecule has 1 aliphatic rings. The Labute approximate surface area is 266 Å². The molecule has 4 rings (SSSR count). The number of hydrogen-bond acceptors (Lipinski definition) is 10. The van der Waals surface area contributed by atoms with E-state index in [1.807, 2.05) is 51.0 Å². The number of benzene rings is 3. The summed E-state index contributed by atoms with van der Waals surface area (Å²) in [6.07, 6.45) is 2.74. The number of nitrogens with one attached hydrogen (secondary N) is 1. The number of rotatable bonds is 16. The smallest absolute Gasteiger partial charge is 0.262 e. The second kappa shape index (κ2) is 14.7. The summed E-state index contributed by atoms with van der Waals surface area (Å²) in [5, 5.41) is 0. The molecule has 1 heterocycles. The number of anilines is 3. The number of hydrogen-bond donors (Lipinski definition) is 1. The van der Waals surface area contributed by atoms with Gasteiger partial charge in [0.15, 0.2) is 17.2 Å². The molecule has 0 aromatic heterocycles. The molecule has 11 nitrogen and oxygen atoms in total. The summed E-state index contributed by atoms with van der Waals surface area (Å²) in [6.45, 7) is 8.23. The molecule has 1 aliphatic heterocycles. The minimum absolute atomic E-state index is 0.00129. The van der Waals surface area contributed by atoms with Gasteiger partial charge in [-0.25, -0.2) is 8.42 Å². The van der Waals surface area contributed by atoms with E-state index < -0.39 is 10.0 Å². The Bertz CT molecular complexity index is 1610. The van der Waals surface area contributed by atoms with E-state index >= 15 is 0 Å². The van der Waals surface area contributed by atoms with Gasteiger partial charge in [0.05, 0.1) is 49.4 Å². The van der Waals surface area contributed by atoms with Crippen LogP contribution in [0.25, 0.3) is 0 Å². The van der Waals surface area contributed by atoms with Crippen LogP contribution in [-0.4, -0.2) is 75.5 Å². The first-order valence-corrected chi connectivity index (χ1v) is 16.3. The third kappa shape index (κ3) is 8.06. The van der Waals surface area contributed by atoms with Crippen molar-refractivity contribution in [1.29, 1.82) is 0 Å².